The molecule has 1 aliphatic rings. The Morgan fingerprint density at radius 2 is 1.47 bits per heavy atom. The van der Waals surface area contributed by atoms with Gasteiger partial charge < -0.3 is 30.5 Å². The summed E-state index contributed by atoms with van der Waals surface area (Å²) in [5.41, 5.74) is 3.70. The van der Waals surface area contributed by atoms with E-state index in [4.69, 9.17) is 9.47 Å². The van der Waals surface area contributed by atoms with Crippen LogP contribution in [0.1, 0.15) is 57.1 Å². The Hall–Kier alpha value is -4.08. The largest absolute Gasteiger partial charge is 0.480 e. The number of carboxylic acid groups (broad SMARTS) is 1. The minimum atomic E-state index is -1.21. The van der Waals surface area contributed by atoms with Gasteiger partial charge in [-0.05, 0) is 55.9 Å². The first kappa shape index (κ1) is 28.5. The molecule has 0 spiro atoms. The Balaban J connectivity index is 1.39. The third-order valence-electron chi connectivity index (χ3n) is 5.95. The highest BCUT2D eigenvalue weighted by atomic mass is 16.6. The van der Waals surface area contributed by atoms with Crippen LogP contribution in [0.4, 0.5) is 9.59 Å². The van der Waals surface area contributed by atoms with E-state index >= 15 is 0 Å². The molecule has 0 bridgehead atoms. The molecule has 0 heterocycles. The number of fused-ring (bicyclic) bond motifs is 3. The minimum absolute atomic E-state index is 0.0586. The number of alkyl carbamates (subject to hydrolysis) is 2. The van der Waals surface area contributed by atoms with Crippen LogP contribution in [0.3, 0.4) is 0 Å². The molecule has 0 aromatic heterocycles. The molecule has 1 aliphatic carbocycles. The molecule has 1 atom stereocenters. The lowest BCUT2D eigenvalue weighted by Gasteiger charge is -2.19. The summed E-state index contributed by atoms with van der Waals surface area (Å²) in [6.45, 7) is 5.73. The molecule has 3 rings (SSSR count). The Kier molecular flexibility index (Phi) is 9.70. The summed E-state index contributed by atoms with van der Waals surface area (Å²) in [6.07, 6.45) is -1.02. The number of carbonyl (C=O) groups excluding carboxylic acids is 3. The zero-order valence-electron chi connectivity index (χ0n) is 21.9. The van der Waals surface area contributed by atoms with Gasteiger partial charge in [-0.2, -0.15) is 0 Å². The highest BCUT2D eigenvalue weighted by molar-refractivity contribution is 5.81. The normalized spacial score (nSPS) is 13.0. The Bertz CT molecular complexity index is 1110. The maximum atomic E-state index is 12.4. The van der Waals surface area contributed by atoms with Crippen molar-refractivity contribution in [2.75, 3.05) is 19.7 Å². The molecule has 3 amide bonds. The number of aliphatic carboxylic acids is 1. The smallest absolute Gasteiger partial charge is 0.407 e. The zero-order valence-corrected chi connectivity index (χ0v) is 21.9. The topological polar surface area (TPSA) is 143 Å². The standard InChI is InChI=1S/C28H35N3O7/c1-28(2,3)38-26(35)30-16-15-29-24(32)14-8-13-23(25(33)34)31-27(36)37-17-22-20-11-6-4-9-18(20)19-10-5-7-12-21(19)22/h4-7,9-12,22-23H,8,13-17H2,1-3H3,(H,29,32)(H,30,35)(H,31,36)(H,33,34)/t23-/m0/s1. The fourth-order valence-electron chi connectivity index (χ4n) is 4.28. The van der Waals surface area contributed by atoms with E-state index in [9.17, 15) is 24.3 Å². The predicted molar refractivity (Wildman–Crippen MR) is 141 cm³/mol. The van der Waals surface area contributed by atoms with Crippen molar-refractivity contribution in [2.24, 2.45) is 0 Å². The van der Waals surface area contributed by atoms with Gasteiger partial charge in [0.1, 0.15) is 18.2 Å². The van der Waals surface area contributed by atoms with Crippen LogP contribution >= 0.6 is 0 Å². The van der Waals surface area contributed by atoms with E-state index < -0.39 is 29.8 Å². The maximum Gasteiger partial charge on any atom is 0.407 e. The van der Waals surface area contributed by atoms with Crippen LogP contribution in [0.5, 0.6) is 0 Å². The van der Waals surface area contributed by atoms with Crippen molar-refractivity contribution in [2.45, 2.75) is 57.6 Å². The molecular formula is C28H35N3O7. The van der Waals surface area contributed by atoms with Gasteiger partial charge in [0, 0.05) is 25.4 Å². The first-order chi connectivity index (χ1) is 18.0. The third kappa shape index (κ3) is 8.22. The summed E-state index contributed by atoms with van der Waals surface area (Å²) >= 11 is 0. The van der Waals surface area contributed by atoms with Crippen LogP contribution < -0.4 is 16.0 Å². The average molecular weight is 526 g/mol. The predicted octanol–water partition coefficient (Wildman–Crippen LogP) is 3.79. The summed E-state index contributed by atoms with van der Waals surface area (Å²) in [7, 11) is 0. The average Bonchev–Trinajstić information content (AvgIpc) is 3.17. The molecule has 0 fully saturated rings. The van der Waals surface area contributed by atoms with Gasteiger partial charge in [-0.15, -0.1) is 0 Å². The van der Waals surface area contributed by atoms with E-state index in [0.29, 0.717) is 0 Å². The maximum absolute atomic E-state index is 12.4. The molecule has 0 unspecified atom stereocenters. The van der Waals surface area contributed by atoms with Crippen LogP contribution in [0.25, 0.3) is 11.1 Å². The summed E-state index contributed by atoms with van der Waals surface area (Å²) in [5.74, 6) is -1.63. The lowest BCUT2D eigenvalue weighted by molar-refractivity contribution is -0.139. The number of hydrogen-bond donors (Lipinski definition) is 4. The molecule has 0 radical (unpaired) electrons. The summed E-state index contributed by atoms with van der Waals surface area (Å²) in [5, 5.41) is 17.1. The van der Waals surface area contributed by atoms with Gasteiger partial charge in [-0.1, -0.05) is 48.5 Å². The van der Waals surface area contributed by atoms with Crippen LogP contribution in [-0.2, 0) is 19.1 Å². The second-order valence-corrected chi connectivity index (χ2v) is 10.0. The number of benzene rings is 2. The van der Waals surface area contributed by atoms with Gasteiger partial charge >= 0.3 is 18.2 Å². The number of rotatable bonds is 11. The van der Waals surface area contributed by atoms with Crippen molar-refractivity contribution in [1.29, 1.82) is 0 Å². The second kappa shape index (κ2) is 12.9. The zero-order chi connectivity index (χ0) is 27.7. The van der Waals surface area contributed by atoms with Crippen LogP contribution in [0.15, 0.2) is 48.5 Å². The Labute approximate surface area is 222 Å². The lowest BCUT2D eigenvalue weighted by Crippen LogP contribution is -2.41. The fraction of sp³-hybridized carbons (Fsp3) is 0.429. The monoisotopic (exact) mass is 525 g/mol. The number of hydrogen-bond acceptors (Lipinski definition) is 6. The lowest BCUT2D eigenvalue weighted by atomic mass is 9.98. The highest BCUT2D eigenvalue weighted by Gasteiger charge is 2.29. The molecule has 38 heavy (non-hydrogen) atoms. The van der Waals surface area contributed by atoms with Crippen molar-refractivity contribution in [1.82, 2.24) is 16.0 Å². The first-order valence-corrected chi connectivity index (χ1v) is 12.6. The first-order valence-electron chi connectivity index (χ1n) is 12.6. The molecule has 4 N–H and O–H groups in total. The molecule has 0 saturated heterocycles. The van der Waals surface area contributed by atoms with Crippen molar-refractivity contribution in [3.8, 4) is 11.1 Å². The van der Waals surface area contributed by atoms with Gasteiger partial charge in [-0.3, -0.25) is 4.79 Å². The van der Waals surface area contributed by atoms with E-state index in [1.807, 2.05) is 48.5 Å². The number of nitrogens with one attached hydrogen (secondary N) is 3. The van der Waals surface area contributed by atoms with Crippen molar-refractivity contribution in [3.63, 3.8) is 0 Å². The van der Waals surface area contributed by atoms with Crippen molar-refractivity contribution in [3.05, 3.63) is 59.7 Å². The summed E-state index contributed by atoms with van der Waals surface area (Å²) in [4.78, 5) is 47.7. The number of ether oxygens (including phenoxy) is 2. The molecule has 0 aliphatic heterocycles. The van der Waals surface area contributed by atoms with E-state index in [1.165, 1.54) is 0 Å². The Morgan fingerprint density at radius 1 is 0.895 bits per heavy atom. The van der Waals surface area contributed by atoms with Gasteiger partial charge in [0.2, 0.25) is 5.91 Å². The van der Waals surface area contributed by atoms with Gasteiger partial charge in [0.05, 0.1) is 0 Å². The van der Waals surface area contributed by atoms with Crippen LogP contribution in [0.2, 0.25) is 0 Å². The fourth-order valence-corrected chi connectivity index (χ4v) is 4.28. The molecule has 0 saturated carbocycles. The number of amides is 3. The van der Waals surface area contributed by atoms with Crippen molar-refractivity contribution >= 4 is 24.1 Å². The van der Waals surface area contributed by atoms with Gasteiger partial charge in [-0.25, -0.2) is 14.4 Å². The molecule has 10 heteroatoms. The highest BCUT2D eigenvalue weighted by Crippen LogP contribution is 2.44. The van der Waals surface area contributed by atoms with Gasteiger partial charge in [0.25, 0.3) is 0 Å². The third-order valence-corrected chi connectivity index (χ3v) is 5.95. The quantitative estimate of drug-likeness (QED) is 0.327. The molecule has 2 aromatic rings. The van der Waals surface area contributed by atoms with E-state index in [0.717, 1.165) is 22.3 Å². The molecule has 204 valence electrons. The summed E-state index contributed by atoms with van der Waals surface area (Å²) in [6, 6.07) is 14.7. The SMILES string of the molecule is CC(C)(C)OC(=O)NCCNC(=O)CCC[C@H](NC(=O)OCC1c2ccccc2-c2ccccc21)C(=O)O. The second-order valence-electron chi connectivity index (χ2n) is 10.0. The molecule has 10 nitrogen and oxygen atoms in total. The number of carbonyl (C=O) groups is 4. The van der Waals surface area contributed by atoms with Crippen LogP contribution in [-0.4, -0.2) is 60.5 Å². The van der Waals surface area contributed by atoms with E-state index in [1.54, 1.807) is 20.8 Å². The van der Waals surface area contributed by atoms with Crippen LogP contribution in [0, 0.1) is 0 Å². The van der Waals surface area contributed by atoms with Gasteiger partial charge in [0.15, 0.2) is 0 Å². The minimum Gasteiger partial charge on any atom is -0.480 e. The summed E-state index contributed by atoms with van der Waals surface area (Å²) < 4.78 is 10.5. The van der Waals surface area contributed by atoms with E-state index in [-0.39, 0.29) is 50.8 Å². The van der Waals surface area contributed by atoms with Crippen molar-refractivity contribution < 1.29 is 33.8 Å². The van der Waals surface area contributed by atoms with E-state index in [2.05, 4.69) is 16.0 Å². The Morgan fingerprint density at radius 3 is 2.05 bits per heavy atom. The molecular weight excluding hydrogens is 490 g/mol. The number of carboxylic acids is 1. The molecule has 2 aromatic carbocycles.